The van der Waals surface area contributed by atoms with Crippen LogP contribution >= 0.6 is 0 Å². The fraction of sp³-hybridized carbons (Fsp3) is 0.556. The van der Waals surface area contributed by atoms with Gasteiger partial charge < -0.3 is 14.0 Å². The van der Waals surface area contributed by atoms with E-state index in [2.05, 4.69) is 27.2 Å². The first-order valence-electron chi connectivity index (χ1n) is 8.55. The van der Waals surface area contributed by atoms with Crippen LogP contribution in [0.1, 0.15) is 42.6 Å². The van der Waals surface area contributed by atoms with E-state index < -0.39 is 0 Å². The maximum atomic E-state index is 6.26. The zero-order valence-electron chi connectivity index (χ0n) is 14.1. The van der Waals surface area contributed by atoms with Gasteiger partial charge in [0.25, 0.3) is 5.89 Å². The first-order valence-corrected chi connectivity index (χ1v) is 8.55. The van der Waals surface area contributed by atoms with Crippen molar-refractivity contribution in [1.82, 2.24) is 15.0 Å². The molecule has 128 valence electrons. The van der Waals surface area contributed by atoms with Gasteiger partial charge in [0.2, 0.25) is 0 Å². The Balaban J connectivity index is 1.39. The monoisotopic (exact) mass is 329 g/mol. The fourth-order valence-electron chi connectivity index (χ4n) is 3.80. The van der Waals surface area contributed by atoms with E-state index >= 15 is 0 Å². The zero-order valence-corrected chi connectivity index (χ0v) is 14.1. The van der Waals surface area contributed by atoms with Gasteiger partial charge in [0, 0.05) is 19.1 Å². The Kier molecular flexibility index (Phi) is 4.24. The number of rotatable bonds is 4. The van der Waals surface area contributed by atoms with Crippen molar-refractivity contribution >= 4 is 0 Å². The van der Waals surface area contributed by atoms with Crippen molar-refractivity contribution in [3.05, 3.63) is 41.5 Å². The number of aromatic nitrogens is 2. The summed E-state index contributed by atoms with van der Waals surface area (Å²) < 4.78 is 16.8. The number of benzene rings is 1. The molecule has 1 aromatic heterocycles. The summed E-state index contributed by atoms with van der Waals surface area (Å²) in [5.74, 6) is 2.19. The molecule has 0 aliphatic carbocycles. The summed E-state index contributed by atoms with van der Waals surface area (Å²) in [4.78, 5) is 6.85. The van der Waals surface area contributed by atoms with Crippen LogP contribution in [0.25, 0.3) is 0 Å². The van der Waals surface area contributed by atoms with Gasteiger partial charge in [0.1, 0.15) is 11.9 Å². The Morgan fingerprint density at radius 2 is 2.04 bits per heavy atom. The number of fused-ring (bicyclic) bond motifs is 1. The molecular formula is C18H23N3O3. The van der Waals surface area contributed by atoms with Crippen molar-refractivity contribution < 1.29 is 14.0 Å². The van der Waals surface area contributed by atoms with Crippen LogP contribution in [0.3, 0.4) is 0 Å². The molecular weight excluding hydrogens is 306 g/mol. The summed E-state index contributed by atoms with van der Waals surface area (Å²) >= 11 is 0. The van der Waals surface area contributed by atoms with Crippen molar-refractivity contribution in [3.8, 4) is 5.75 Å². The van der Waals surface area contributed by atoms with Gasteiger partial charge in [-0.2, -0.15) is 4.98 Å². The van der Waals surface area contributed by atoms with Gasteiger partial charge in [-0.05, 0) is 43.9 Å². The molecule has 1 aromatic carbocycles. The van der Waals surface area contributed by atoms with Crippen molar-refractivity contribution in [2.75, 3.05) is 13.7 Å². The molecule has 2 aliphatic heterocycles. The minimum atomic E-state index is -0.0478. The Morgan fingerprint density at radius 3 is 2.75 bits per heavy atom. The molecule has 2 aromatic rings. The van der Waals surface area contributed by atoms with Crippen molar-refractivity contribution in [2.45, 2.75) is 51.0 Å². The molecule has 2 aliphatic rings. The molecule has 0 radical (unpaired) electrons. The molecule has 2 fully saturated rings. The predicted molar refractivity (Wildman–Crippen MR) is 87.7 cm³/mol. The first-order chi connectivity index (χ1) is 11.7. The number of hydrogen-bond donors (Lipinski definition) is 0. The van der Waals surface area contributed by atoms with E-state index in [4.69, 9.17) is 14.0 Å². The Hall–Kier alpha value is -1.92. The molecule has 0 N–H and O–H groups in total. The highest BCUT2D eigenvalue weighted by atomic mass is 16.5. The summed E-state index contributed by atoms with van der Waals surface area (Å²) in [7, 11) is 1.70. The molecule has 2 saturated heterocycles. The smallest absolute Gasteiger partial charge is 0.255 e. The van der Waals surface area contributed by atoms with E-state index in [0.29, 0.717) is 17.8 Å². The number of methoxy groups -OCH3 is 1. The quantitative estimate of drug-likeness (QED) is 0.859. The van der Waals surface area contributed by atoms with Crippen molar-refractivity contribution in [1.29, 1.82) is 0 Å². The largest absolute Gasteiger partial charge is 0.497 e. The lowest BCUT2D eigenvalue weighted by Gasteiger charge is -2.34. The highest BCUT2D eigenvalue weighted by Crippen LogP contribution is 2.38. The number of ether oxygens (including phenoxy) is 2. The van der Waals surface area contributed by atoms with Crippen LogP contribution in [0.15, 0.2) is 28.8 Å². The highest BCUT2D eigenvalue weighted by molar-refractivity contribution is 5.27. The molecule has 6 heteroatoms. The molecule has 0 amide bonds. The minimum absolute atomic E-state index is 0.0478. The summed E-state index contributed by atoms with van der Waals surface area (Å²) in [6.45, 7) is 3.86. The van der Waals surface area contributed by atoms with Gasteiger partial charge in [-0.1, -0.05) is 17.3 Å². The van der Waals surface area contributed by atoms with Crippen LogP contribution in [0, 0.1) is 6.92 Å². The second kappa shape index (κ2) is 6.53. The van der Waals surface area contributed by atoms with Gasteiger partial charge >= 0.3 is 0 Å². The lowest BCUT2D eigenvalue weighted by atomic mass is 9.98. The van der Waals surface area contributed by atoms with Crippen LogP contribution < -0.4 is 4.74 Å². The topological polar surface area (TPSA) is 60.6 Å². The fourth-order valence-corrected chi connectivity index (χ4v) is 3.80. The van der Waals surface area contributed by atoms with Gasteiger partial charge in [-0.25, -0.2) is 0 Å². The summed E-state index contributed by atoms with van der Waals surface area (Å²) in [5, 5.41) is 3.88. The third-order valence-corrected chi connectivity index (χ3v) is 5.03. The van der Waals surface area contributed by atoms with E-state index in [9.17, 15) is 0 Å². The van der Waals surface area contributed by atoms with Gasteiger partial charge in [-0.3, -0.25) is 4.90 Å². The third-order valence-electron chi connectivity index (χ3n) is 5.03. The third kappa shape index (κ3) is 3.03. The van der Waals surface area contributed by atoms with E-state index in [-0.39, 0.29) is 12.2 Å². The van der Waals surface area contributed by atoms with E-state index in [1.54, 1.807) is 7.11 Å². The Morgan fingerprint density at radius 1 is 1.21 bits per heavy atom. The number of aryl methyl sites for hydroxylation is 1. The van der Waals surface area contributed by atoms with Crippen LogP contribution in [0.2, 0.25) is 0 Å². The minimum Gasteiger partial charge on any atom is -0.497 e. The predicted octanol–water partition coefficient (Wildman–Crippen LogP) is 2.88. The second-order valence-electron chi connectivity index (χ2n) is 6.59. The maximum Gasteiger partial charge on any atom is 0.255 e. The van der Waals surface area contributed by atoms with Gasteiger partial charge in [0.15, 0.2) is 5.82 Å². The van der Waals surface area contributed by atoms with Gasteiger partial charge in [0.05, 0.1) is 13.2 Å². The Labute approximate surface area is 141 Å². The van der Waals surface area contributed by atoms with Crippen molar-refractivity contribution in [2.24, 2.45) is 0 Å². The summed E-state index contributed by atoms with van der Waals surface area (Å²) in [5.41, 5.74) is 1.31. The molecule has 3 heterocycles. The van der Waals surface area contributed by atoms with E-state index in [1.807, 2.05) is 19.1 Å². The van der Waals surface area contributed by atoms with Gasteiger partial charge in [-0.15, -0.1) is 0 Å². The molecule has 24 heavy (non-hydrogen) atoms. The molecule has 6 nitrogen and oxygen atoms in total. The summed E-state index contributed by atoms with van der Waals surface area (Å²) in [6.07, 6.45) is 3.31. The second-order valence-corrected chi connectivity index (χ2v) is 6.59. The number of hydrogen-bond acceptors (Lipinski definition) is 6. The summed E-state index contributed by atoms with van der Waals surface area (Å²) in [6, 6.07) is 8.80. The SMILES string of the molecule is COc1ccc(CN2CC[C@@H]3O[C@H](c4nc(C)no4)CC[C@@H]32)cc1. The molecule has 4 rings (SSSR count). The molecule has 0 bridgehead atoms. The maximum absolute atomic E-state index is 6.26. The van der Waals surface area contributed by atoms with Crippen LogP contribution in [-0.4, -0.2) is 40.8 Å². The Bertz CT molecular complexity index is 685. The number of likely N-dealkylation sites (tertiary alicyclic amines) is 1. The lowest BCUT2D eigenvalue weighted by molar-refractivity contribution is -0.0831. The van der Waals surface area contributed by atoms with Crippen LogP contribution in [0.4, 0.5) is 0 Å². The molecule has 0 saturated carbocycles. The average molecular weight is 329 g/mol. The molecule has 0 spiro atoms. The molecule has 0 unspecified atom stereocenters. The zero-order chi connectivity index (χ0) is 16.5. The molecule has 3 atom stereocenters. The average Bonchev–Trinajstić information content (AvgIpc) is 3.22. The number of nitrogens with zero attached hydrogens (tertiary/aromatic N) is 3. The highest BCUT2D eigenvalue weighted by Gasteiger charge is 2.41. The van der Waals surface area contributed by atoms with Crippen LogP contribution in [0.5, 0.6) is 5.75 Å². The van der Waals surface area contributed by atoms with Crippen molar-refractivity contribution in [3.63, 3.8) is 0 Å². The van der Waals surface area contributed by atoms with Crippen LogP contribution in [-0.2, 0) is 11.3 Å². The van der Waals surface area contributed by atoms with E-state index in [0.717, 1.165) is 38.1 Å². The first kappa shape index (κ1) is 15.6. The standard InChI is InChI=1S/C18H23N3O3/c1-12-19-18(24-20-12)17-8-7-15-16(23-17)9-10-21(15)11-13-3-5-14(22-2)6-4-13/h3-6,15-17H,7-11H2,1-2H3/t15-,16-,17-/m0/s1. The van der Waals surface area contributed by atoms with E-state index in [1.165, 1.54) is 5.56 Å². The lowest BCUT2D eigenvalue weighted by Crippen LogP contribution is -2.40. The normalized spacial score (nSPS) is 27.2.